The summed E-state index contributed by atoms with van der Waals surface area (Å²) in [6.07, 6.45) is 5.44. The number of furan rings is 1. The first-order chi connectivity index (χ1) is 6.79. The van der Waals surface area contributed by atoms with Crippen LogP contribution in [0.5, 0.6) is 0 Å². The summed E-state index contributed by atoms with van der Waals surface area (Å²) in [5.74, 6) is 0.710. The van der Waals surface area contributed by atoms with Crippen LogP contribution in [0, 0.1) is 6.92 Å². The van der Waals surface area contributed by atoms with Crippen LogP contribution in [-0.4, -0.2) is 15.1 Å². The Morgan fingerprint density at radius 1 is 1.36 bits per heavy atom. The van der Waals surface area contributed by atoms with E-state index in [1.165, 1.54) is 6.33 Å². The highest BCUT2D eigenvalue weighted by Gasteiger charge is 2.14. The third kappa shape index (κ3) is 1.52. The number of nitrogens with zero attached hydrogens (tertiary/aromatic N) is 2. The normalized spacial score (nSPS) is 12.7. The van der Waals surface area contributed by atoms with Gasteiger partial charge >= 0.3 is 0 Å². The third-order valence-corrected chi connectivity index (χ3v) is 2.09. The molecule has 2 aromatic heterocycles. The van der Waals surface area contributed by atoms with E-state index < -0.39 is 6.10 Å². The van der Waals surface area contributed by atoms with Crippen molar-refractivity contribution in [1.82, 2.24) is 9.97 Å². The molecule has 0 radical (unpaired) electrons. The van der Waals surface area contributed by atoms with Crippen molar-refractivity contribution in [2.45, 2.75) is 13.0 Å². The lowest BCUT2D eigenvalue weighted by molar-refractivity contribution is 0.217. The van der Waals surface area contributed by atoms with Gasteiger partial charge in [0.1, 0.15) is 18.2 Å². The molecule has 4 nitrogen and oxygen atoms in total. The quantitative estimate of drug-likeness (QED) is 0.778. The summed E-state index contributed by atoms with van der Waals surface area (Å²) in [6, 6.07) is 1.74. The number of rotatable bonds is 2. The van der Waals surface area contributed by atoms with Crippen molar-refractivity contribution >= 4 is 0 Å². The van der Waals surface area contributed by atoms with E-state index in [1.54, 1.807) is 24.7 Å². The van der Waals surface area contributed by atoms with Crippen molar-refractivity contribution in [2.24, 2.45) is 0 Å². The number of aliphatic hydroxyl groups is 1. The number of aryl methyl sites for hydroxylation is 1. The van der Waals surface area contributed by atoms with Gasteiger partial charge in [0.25, 0.3) is 0 Å². The predicted octanol–water partition coefficient (Wildman–Crippen LogP) is 1.46. The molecule has 0 saturated heterocycles. The van der Waals surface area contributed by atoms with Crippen LogP contribution in [0.25, 0.3) is 0 Å². The molecule has 0 aliphatic rings. The number of hydrogen-bond donors (Lipinski definition) is 1. The Labute approximate surface area is 81.2 Å². The lowest BCUT2D eigenvalue weighted by Crippen LogP contribution is -2.00. The summed E-state index contributed by atoms with van der Waals surface area (Å²) in [4.78, 5) is 7.69. The highest BCUT2D eigenvalue weighted by atomic mass is 16.3. The molecule has 2 heterocycles. The summed E-state index contributed by atoms with van der Waals surface area (Å²) in [5, 5.41) is 9.92. The van der Waals surface area contributed by atoms with Crippen LogP contribution >= 0.6 is 0 Å². The van der Waals surface area contributed by atoms with Crippen molar-refractivity contribution in [3.8, 4) is 0 Å². The molecule has 14 heavy (non-hydrogen) atoms. The Kier molecular flexibility index (Phi) is 2.28. The lowest BCUT2D eigenvalue weighted by Gasteiger charge is -2.08. The van der Waals surface area contributed by atoms with E-state index in [4.69, 9.17) is 4.42 Å². The van der Waals surface area contributed by atoms with E-state index in [1.807, 2.05) is 6.92 Å². The van der Waals surface area contributed by atoms with E-state index in [0.717, 1.165) is 5.56 Å². The van der Waals surface area contributed by atoms with Crippen molar-refractivity contribution < 1.29 is 9.52 Å². The van der Waals surface area contributed by atoms with Crippen LogP contribution in [0.4, 0.5) is 0 Å². The van der Waals surface area contributed by atoms with Crippen LogP contribution in [-0.2, 0) is 0 Å². The molecule has 0 spiro atoms. The number of aliphatic hydroxyl groups excluding tert-OH is 1. The van der Waals surface area contributed by atoms with Gasteiger partial charge in [0, 0.05) is 23.5 Å². The highest BCUT2D eigenvalue weighted by Crippen LogP contribution is 2.23. The molecular formula is C10H10N2O2. The predicted molar refractivity (Wildman–Crippen MR) is 49.5 cm³/mol. The summed E-state index contributed by atoms with van der Waals surface area (Å²) in [6.45, 7) is 1.81. The SMILES string of the molecule is Cc1occc1C(O)c1cncnc1. The lowest BCUT2D eigenvalue weighted by atomic mass is 10.1. The first-order valence-electron chi connectivity index (χ1n) is 4.26. The molecule has 0 saturated carbocycles. The third-order valence-electron chi connectivity index (χ3n) is 2.09. The molecule has 1 unspecified atom stereocenters. The van der Waals surface area contributed by atoms with Crippen LogP contribution in [0.3, 0.4) is 0 Å². The maximum atomic E-state index is 9.92. The van der Waals surface area contributed by atoms with Crippen LogP contribution in [0.1, 0.15) is 23.0 Å². The topological polar surface area (TPSA) is 59.2 Å². The fraction of sp³-hybridized carbons (Fsp3) is 0.200. The first-order valence-corrected chi connectivity index (χ1v) is 4.26. The van der Waals surface area contributed by atoms with Gasteiger partial charge < -0.3 is 9.52 Å². The Morgan fingerprint density at radius 3 is 2.64 bits per heavy atom. The summed E-state index contributed by atoms with van der Waals surface area (Å²) in [7, 11) is 0. The van der Waals surface area contributed by atoms with Gasteiger partial charge in [-0.3, -0.25) is 0 Å². The largest absolute Gasteiger partial charge is 0.469 e. The van der Waals surface area contributed by atoms with Gasteiger partial charge in [-0.1, -0.05) is 0 Å². The van der Waals surface area contributed by atoms with E-state index in [-0.39, 0.29) is 0 Å². The van der Waals surface area contributed by atoms with Gasteiger partial charge in [0.15, 0.2) is 0 Å². The van der Waals surface area contributed by atoms with Crippen molar-refractivity contribution in [2.75, 3.05) is 0 Å². The average Bonchev–Trinajstić information content (AvgIpc) is 2.65. The Bertz CT molecular complexity index is 411. The van der Waals surface area contributed by atoms with Gasteiger partial charge in [-0.05, 0) is 13.0 Å². The molecule has 0 fully saturated rings. The van der Waals surface area contributed by atoms with Gasteiger partial charge in [-0.15, -0.1) is 0 Å². The molecule has 0 aromatic carbocycles. The van der Waals surface area contributed by atoms with E-state index in [9.17, 15) is 5.11 Å². The molecule has 2 rings (SSSR count). The Hall–Kier alpha value is -1.68. The van der Waals surface area contributed by atoms with E-state index >= 15 is 0 Å². The zero-order chi connectivity index (χ0) is 9.97. The molecule has 1 atom stereocenters. The highest BCUT2D eigenvalue weighted by molar-refractivity contribution is 5.27. The van der Waals surface area contributed by atoms with Gasteiger partial charge in [0.05, 0.1) is 6.26 Å². The van der Waals surface area contributed by atoms with Gasteiger partial charge in [0.2, 0.25) is 0 Å². The van der Waals surface area contributed by atoms with Crippen molar-refractivity contribution in [1.29, 1.82) is 0 Å². The second-order valence-corrected chi connectivity index (χ2v) is 3.01. The van der Waals surface area contributed by atoms with Crippen LogP contribution in [0.15, 0.2) is 35.5 Å². The van der Waals surface area contributed by atoms with Gasteiger partial charge in [-0.2, -0.15) is 0 Å². The molecule has 72 valence electrons. The molecule has 0 bridgehead atoms. The molecule has 0 amide bonds. The van der Waals surface area contributed by atoms with Crippen molar-refractivity contribution in [3.05, 3.63) is 47.9 Å². The Morgan fingerprint density at radius 2 is 2.07 bits per heavy atom. The second kappa shape index (κ2) is 3.59. The average molecular weight is 190 g/mol. The van der Waals surface area contributed by atoms with Crippen LogP contribution < -0.4 is 0 Å². The minimum atomic E-state index is -0.713. The number of hydrogen-bond acceptors (Lipinski definition) is 4. The van der Waals surface area contributed by atoms with E-state index in [0.29, 0.717) is 11.3 Å². The maximum absolute atomic E-state index is 9.92. The second-order valence-electron chi connectivity index (χ2n) is 3.01. The van der Waals surface area contributed by atoms with Crippen molar-refractivity contribution in [3.63, 3.8) is 0 Å². The maximum Gasteiger partial charge on any atom is 0.115 e. The molecule has 2 aromatic rings. The minimum Gasteiger partial charge on any atom is -0.469 e. The summed E-state index contributed by atoms with van der Waals surface area (Å²) in [5.41, 5.74) is 1.41. The standard InChI is InChI=1S/C10H10N2O2/c1-7-9(2-3-14-7)10(13)8-4-11-6-12-5-8/h2-6,10,13H,1H3. The fourth-order valence-corrected chi connectivity index (χ4v) is 1.31. The monoisotopic (exact) mass is 190 g/mol. The van der Waals surface area contributed by atoms with E-state index in [2.05, 4.69) is 9.97 Å². The smallest absolute Gasteiger partial charge is 0.115 e. The molecular weight excluding hydrogens is 180 g/mol. The minimum absolute atomic E-state index is 0.664. The first kappa shape index (κ1) is 8.90. The Balaban J connectivity index is 2.34. The summed E-state index contributed by atoms with van der Waals surface area (Å²) >= 11 is 0. The zero-order valence-corrected chi connectivity index (χ0v) is 7.71. The molecule has 4 heteroatoms. The van der Waals surface area contributed by atoms with Crippen LogP contribution in [0.2, 0.25) is 0 Å². The molecule has 0 aliphatic heterocycles. The number of aromatic nitrogens is 2. The fourth-order valence-electron chi connectivity index (χ4n) is 1.31. The molecule has 0 aliphatic carbocycles. The summed E-state index contributed by atoms with van der Waals surface area (Å²) < 4.78 is 5.11. The molecule has 1 N–H and O–H groups in total. The zero-order valence-electron chi connectivity index (χ0n) is 7.71. The van der Waals surface area contributed by atoms with Gasteiger partial charge in [-0.25, -0.2) is 9.97 Å².